The van der Waals surface area contributed by atoms with Crippen molar-refractivity contribution in [3.8, 4) is 0 Å². The van der Waals surface area contributed by atoms with Gasteiger partial charge in [-0.25, -0.2) is 31.9 Å². The average Bonchev–Trinajstić information content (AvgIpc) is 3.06. The monoisotopic (exact) mass is 413 g/mol. The molecule has 2 aromatic heterocycles. The lowest BCUT2D eigenvalue weighted by atomic mass is 9.84. The molecular formula is C19H23F4N5O. The number of alkyl halides is 4. The number of carbonyl (C=O) groups is 1. The molecule has 2 aliphatic rings. The number of carbonyl (C=O) groups excluding carboxylic acids is 1. The normalized spacial score (nSPS) is 23.2. The summed E-state index contributed by atoms with van der Waals surface area (Å²) >= 11 is 0. The Morgan fingerprint density at radius 3 is 2.69 bits per heavy atom. The Balaban J connectivity index is 1.49. The Morgan fingerprint density at radius 2 is 1.97 bits per heavy atom. The zero-order valence-corrected chi connectivity index (χ0v) is 16.0. The van der Waals surface area contributed by atoms with Crippen LogP contribution in [0.15, 0.2) is 18.5 Å². The Labute approximate surface area is 165 Å². The average molecular weight is 413 g/mol. The van der Waals surface area contributed by atoms with E-state index in [-0.39, 0.29) is 18.8 Å². The van der Waals surface area contributed by atoms with Gasteiger partial charge in [0.1, 0.15) is 0 Å². The second-order valence-corrected chi connectivity index (χ2v) is 8.15. The van der Waals surface area contributed by atoms with Gasteiger partial charge in [0.15, 0.2) is 5.65 Å². The van der Waals surface area contributed by atoms with E-state index in [1.54, 1.807) is 23.7 Å². The van der Waals surface area contributed by atoms with Gasteiger partial charge in [0, 0.05) is 12.8 Å². The maximum atomic E-state index is 13.7. The zero-order chi connectivity index (χ0) is 20.8. The first-order valence-electron chi connectivity index (χ1n) is 9.76. The molecule has 10 heteroatoms. The van der Waals surface area contributed by atoms with Gasteiger partial charge >= 0.3 is 6.03 Å². The van der Waals surface area contributed by atoms with E-state index in [2.05, 4.69) is 15.4 Å². The second-order valence-electron chi connectivity index (χ2n) is 8.15. The molecule has 158 valence electrons. The summed E-state index contributed by atoms with van der Waals surface area (Å²) in [5, 5.41) is 6.49. The van der Waals surface area contributed by atoms with Gasteiger partial charge < -0.3 is 10.2 Å². The highest BCUT2D eigenvalue weighted by Crippen LogP contribution is 2.37. The van der Waals surface area contributed by atoms with E-state index in [1.807, 2.05) is 0 Å². The fourth-order valence-corrected chi connectivity index (χ4v) is 4.04. The summed E-state index contributed by atoms with van der Waals surface area (Å²) in [5.74, 6) is -5.38. The van der Waals surface area contributed by atoms with Gasteiger partial charge in [-0.05, 0) is 43.7 Å². The van der Waals surface area contributed by atoms with Gasteiger partial charge in [0.25, 0.3) is 5.92 Å². The van der Waals surface area contributed by atoms with Crippen LogP contribution >= 0.6 is 0 Å². The lowest BCUT2D eigenvalue weighted by Crippen LogP contribution is -2.57. The van der Waals surface area contributed by atoms with Crippen molar-refractivity contribution in [2.45, 2.75) is 56.9 Å². The Bertz CT molecular complexity index is 905. The summed E-state index contributed by atoms with van der Waals surface area (Å²) in [4.78, 5) is 17.6. The number of fused-ring (bicyclic) bond motifs is 1. The molecule has 2 amide bonds. The van der Waals surface area contributed by atoms with Crippen LogP contribution in [0, 0.1) is 5.92 Å². The fraction of sp³-hybridized carbons (Fsp3) is 0.632. The highest BCUT2D eigenvalue weighted by atomic mass is 19.3. The SMILES string of the molecule is C[C@H](c1cnn2cc(CC3CCC(F)(F)CC3)nc2c1)N1CC(F)(F)CNC1=O. The molecule has 0 spiro atoms. The van der Waals surface area contributed by atoms with Crippen LogP contribution in [0.3, 0.4) is 0 Å². The Hall–Kier alpha value is -2.39. The van der Waals surface area contributed by atoms with Crippen LogP contribution in [0.1, 0.15) is 49.9 Å². The van der Waals surface area contributed by atoms with Crippen LogP contribution in [0.5, 0.6) is 0 Å². The quantitative estimate of drug-likeness (QED) is 0.776. The van der Waals surface area contributed by atoms with Gasteiger partial charge in [0.2, 0.25) is 5.92 Å². The summed E-state index contributed by atoms with van der Waals surface area (Å²) in [5.41, 5.74) is 1.90. The summed E-state index contributed by atoms with van der Waals surface area (Å²) in [6.45, 7) is 0.348. The van der Waals surface area contributed by atoms with E-state index < -0.39 is 37.0 Å². The number of hydrogen-bond donors (Lipinski definition) is 1. The Morgan fingerprint density at radius 1 is 1.24 bits per heavy atom. The molecule has 0 aromatic carbocycles. The Kier molecular flexibility index (Phi) is 4.90. The smallest absolute Gasteiger partial charge is 0.318 e. The van der Waals surface area contributed by atoms with Crippen molar-refractivity contribution >= 4 is 11.7 Å². The van der Waals surface area contributed by atoms with Crippen molar-refractivity contribution in [3.05, 3.63) is 29.7 Å². The number of hydrogen-bond acceptors (Lipinski definition) is 3. The molecule has 0 bridgehead atoms. The predicted octanol–water partition coefficient (Wildman–Crippen LogP) is 3.82. The molecule has 0 radical (unpaired) electrons. The molecule has 29 heavy (non-hydrogen) atoms. The summed E-state index contributed by atoms with van der Waals surface area (Å²) in [7, 11) is 0. The molecule has 4 rings (SSSR count). The molecular weight excluding hydrogens is 390 g/mol. The van der Waals surface area contributed by atoms with Crippen molar-refractivity contribution in [2.24, 2.45) is 5.92 Å². The largest absolute Gasteiger partial charge is 0.332 e. The van der Waals surface area contributed by atoms with Crippen LogP contribution in [0.4, 0.5) is 22.4 Å². The van der Waals surface area contributed by atoms with Crippen LogP contribution in [-0.4, -0.2) is 50.5 Å². The van der Waals surface area contributed by atoms with Gasteiger partial charge in [0.05, 0.1) is 37.2 Å². The number of nitrogens with zero attached hydrogens (tertiary/aromatic N) is 4. The molecule has 2 aromatic rings. The summed E-state index contributed by atoms with van der Waals surface area (Å²) in [6.07, 6.45) is 4.65. The maximum absolute atomic E-state index is 13.7. The van der Waals surface area contributed by atoms with Gasteiger partial charge in [-0.15, -0.1) is 0 Å². The minimum Gasteiger partial charge on any atom is -0.332 e. The molecule has 1 saturated heterocycles. The number of aromatic nitrogens is 3. The third kappa shape index (κ3) is 4.30. The van der Waals surface area contributed by atoms with Crippen molar-refractivity contribution in [2.75, 3.05) is 13.1 Å². The standard InChI is InChI=1S/C19H23F4N5O/c1-12(27-11-19(22,23)10-24-17(27)29)14-7-16-26-15(9-28(16)25-8-14)6-13-2-4-18(20,21)5-3-13/h7-9,12-13H,2-6,10-11H2,1H3,(H,24,29)/t12-/m1/s1. The number of rotatable bonds is 4. The van der Waals surface area contributed by atoms with E-state index in [0.717, 1.165) is 10.6 Å². The highest BCUT2D eigenvalue weighted by molar-refractivity contribution is 5.76. The first kappa shape index (κ1) is 19.9. The van der Waals surface area contributed by atoms with E-state index in [9.17, 15) is 22.4 Å². The van der Waals surface area contributed by atoms with Gasteiger partial charge in [-0.2, -0.15) is 5.10 Å². The summed E-state index contributed by atoms with van der Waals surface area (Å²) in [6, 6.07) is 0.580. The molecule has 2 fully saturated rings. The molecule has 3 heterocycles. The first-order valence-corrected chi connectivity index (χ1v) is 9.76. The van der Waals surface area contributed by atoms with Crippen LogP contribution < -0.4 is 5.32 Å². The number of imidazole rings is 1. The first-order chi connectivity index (χ1) is 13.6. The third-order valence-electron chi connectivity index (χ3n) is 5.84. The van der Waals surface area contributed by atoms with E-state index in [0.29, 0.717) is 30.5 Å². The number of halogens is 4. The van der Waals surface area contributed by atoms with E-state index in [1.165, 1.54) is 6.20 Å². The van der Waals surface area contributed by atoms with Crippen molar-refractivity contribution in [3.63, 3.8) is 0 Å². The molecule has 6 nitrogen and oxygen atoms in total. The number of urea groups is 1. The van der Waals surface area contributed by atoms with Crippen molar-refractivity contribution in [1.82, 2.24) is 24.8 Å². The van der Waals surface area contributed by atoms with Gasteiger partial charge in [-0.3, -0.25) is 0 Å². The molecule has 0 unspecified atom stereocenters. The summed E-state index contributed by atoms with van der Waals surface area (Å²) < 4.78 is 55.6. The third-order valence-corrected chi connectivity index (χ3v) is 5.84. The minimum absolute atomic E-state index is 0.0898. The predicted molar refractivity (Wildman–Crippen MR) is 97.1 cm³/mol. The van der Waals surface area contributed by atoms with Crippen molar-refractivity contribution in [1.29, 1.82) is 0 Å². The molecule has 1 N–H and O–H groups in total. The van der Waals surface area contributed by atoms with E-state index >= 15 is 0 Å². The van der Waals surface area contributed by atoms with E-state index in [4.69, 9.17) is 0 Å². The molecule has 1 saturated carbocycles. The van der Waals surface area contributed by atoms with Gasteiger partial charge in [-0.1, -0.05) is 0 Å². The maximum Gasteiger partial charge on any atom is 0.318 e. The number of nitrogens with one attached hydrogen (secondary N) is 1. The molecule has 1 atom stereocenters. The fourth-order valence-electron chi connectivity index (χ4n) is 4.04. The lowest BCUT2D eigenvalue weighted by Gasteiger charge is -2.36. The van der Waals surface area contributed by atoms with Crippen molar-refractivity contribution < 1.29 is 22.4 Å². The topological polar surface area (TPSA) is 62.5 Å². The minimum atomic E-state index is -2.99. The van der Waals surface area contributed by atoms with Crippen LogP contribution in [0.2, 0.25) is 0 Å². The van der Waals surface area contributed by atoms with Crippen LogP contribution in [0.25, 0.3) is 5.65 Å². The number of amides is 2. The highest BCUT2D eigenvalue weighted by Gasteiger charge is 2.41. The molecule has 1 aliphatic carbocycles. The second kappa shape index (κ2) is 7.14. The van der Waals surface area contributed by atoms with Crippen LogP contribution in [-0.2, 0) is 6.42 Å². The molecule has 1 aliphatic heterocycles. The zero-order valence-electron chi connectivity index (χ0n) is 16.0. The lowest BCUT2D eigenvalue weighted by molar-refractivity contribution is -0.0457.